The maximum Gasteiger partial charge on any atom is 0.114 e. The topological polar surface area (TPSA) is 29.5 Å². The van der Waals surface area contributed by atoms with Crippen molar-refractivity contribution in [2.24, 2.45) is 0 Å². The van der Waals surface area contributed by atoms with Crippen LogP contribution < -0.4 is 0 Å². The van der Waals surface area contributed by atoms with E-state index in [9.17, 15) is 0 Å². The lowest BCUT2D eigenvalue weighted by Gasteiger charge is -2.08. The van der Waals surface area contributed by atoms with E-state index in [1.54, 1.807) is 0 Å². The Labute approximate surface area is 61.8 Å². The van der Waals surface area contributed by atoms with Crippen molar-refractivity contribution in [3.8, 4) is 0 Å². The predicted molar refractivity (Wildman–Crippen MR) is 41.6 cm³/mol. The van der Waals surface area contributed by atoms with Crippen LogP contribution in [0.5, 0.6) is 0 Å². The Morgan fingerprint density at radius 1 is 1.80 bits per heavy atom. The minimum atomic E-state index is -0.392. The molecule has 0 rings (SSSR count). The highest BCUT2D eigenvalue weighted by molar-refractivity contribution is 5.01. The minimum absolute atomic E-state index is 0.307. The molecule has 0 radical (unpaired) electrons. The second-order valence-electron chi connectivity index (χ2n) is 2.04. The summed E-state index contributed by atoms with van der Waals surface area (Å²) in [5.41, 5.74) is 0. The van der Waals surface area contributed by atoms with Crippen LogP contribution in [0.15, 0.2) is 25.0 Å². The predicted octanol–water partition coefficient (Wildman–Crippen LogP) is 1.47. The summed E-state index contributed by atoms with van der Waals surface area (Å²) in [6, 6.07) is 0. The molecule has 0 saturated heterocycles. The van der Waals surface area contributed by atoms with Crippen molar-refractivity contribution >= 4 is 0 Å². The molecule has 0 aromatic carbocycles. The van der Waals surface area contributed by atoms with Gasteiger partial charge in [-0.1, -0.05) is 20.1 Å². The number of hydrogen-bond donors (Lipinski definition) is 1. The molecule has 0 aliphatic heterocycles. The Kier molecular flexibility index (Phi) is 4.67. The second-order valence-corrected chi connectivity index (χ2v) is 2.04. The van der Waals surface area contributed by atoms with E-state index < -0.39 is 6.10 Å². The summed E-state index contributed by atoms with van der Waals surface area (Å²) >= 11 is 0. The van der Waals surface area contributed by atoms with Crippen molar-refractivity contribution in [3.05, 3.63) is 25.0 Å². The van der Waals surface area contributed by atoms with Crippen LogP contribution in [-0.2, 0) is 4.74 Å². The van der Waals surface area contributed by atoms with Gasteiger partial charge in [0.2, 0.25) is 0 Å². The van der Waals surface area contributed by atoms with Crippen molar-refractivity contribution in [2.75, 3.05) is 6.61 Å². The van der Waals surface area contributed by atoms with Gasteiger partial charge >= 0.3 is 0 Å². The summed E-state index contributed by atoms with van der Waals surface area (Å²) in [4.78, 5) is 0. The van der Waals surface area contributed by atoms with Gasteiger partial charge in [-0.15, -0.1) is 0 Å². The molecule has 1 N–H and O–H groups in total. The zero-order valence-electron chi connectivity index (χ0n) is 6.34. The summed E-state index contributed by atoms with van der Waals surface area (Å²) in [7, 11) is 0. The highest BCUT2D eigenvalue weighted by Crippen LogP contribution is 1.97. The Morgan fingerprint density at radius 3 is 2.80 bits per heavy atom. The van der Waals surface area contributed by atoms with Crippen LogP contribution in [0, 0.1) is 0 Å². The van der Waals surface area contributed by atoms with Crippen molar-refractivity contribution < 1.29 is 9.84 Å². The van der Waals surface area contributed by atoms with E-state index in [-0.39, 0.29) is 0 Å². The molecule has 0 amide bonds. The van der Waals surface area contributed by atoms with Gasteiger partial charge in [0.05, 0.1) is 6.10 Å². The van der Waals surface area contributed by atoms with Gasteiger partial charge in [-0.05, 0) is 12.5 Å². The molecule has 0 aromatic rings. The molecule has 2 heteroatoms. The molecule has 2 nitrogen and oxygen atoms in total. The van der Waals surface area contributed by atoms with Crippen LogP contribution in [0.2, 0.25) is 0 Å². The standard InChI is InChI=1S/C8H14O2/c1-4-7(3)10-6-8(9)5-2/h4,8-9H,1,3,5-6H2,2H3. The maximum atomic E-state index is 9.00. The second kappa shape index (κ2) is 5.06. The number of allylic oxidation sites excluding steroid dienone is 1. The summed E-state index contributed by atoms with van der Waals surface area (Å²) in [5, 5.41) is 9.00. The summed E-state index contributed by atoms with van der Waals surface area (Å²) in [6.07, 6.45) is 1.82. The lowest BCUT2D eigenvalue weighted by Crippen LogP contribution is -2.12. The Morgan fingerprint density at radius 2 is 2.40 bits per heavy atom. The molecule has 0 aromatic heterocycles. The first kappa shape index (κ1) is 9.24. The van der Waals surface area contributed by atoms with E-state index in [1.807, 2.05) is 6.92 Å². The van der Waals surface area contributed by atoms with Crippen molar-refractivity contribution in [2.45, 2.75) is 19.4 Å². The van der Waals surface area contributed by atoms with Crippen LogP contribution in [-0.4, -0.2) is 17.8 Å². The fraction of sp³-hybridized carbons (Fsp3) is 0.500. The van der Waals surface area contributed by atoms with Crippen molar-refractivity contribution in [1.82, 2.24) is 0 Å². The zero-order valence-corrected chi connectivity index (χ0v) is 6.34. The molecule has 10 heavy (non-hydrogen) atoms. The third kappa shape index (κ3) is 4.15. The first-order chi connectivity index (χ1) is 4.70. The van der Waals surface area contributed by atoms with Crippen molar-refractivity contribution in [3.63, 3.8) is 0 Å². The number of hydrogen-bond acceptors (Lipinski definition) is 2. The number of rotatable bonds is 5. The van der Waals surface area contributed by atoms with Gasteiger partial charge in [0, 0.05) is 0 Å². The number of aliphatic hydroxyl groups excluding tert-OH is 1. The fourth-order valence-electron chi connectivity index (χ4n) is 0.380. The average molecular weight is 142 g/mol. The lowest BCUT2D eigenvalue weighted by molar-refractivity contribution is 0.0737. The Bertz CT molecular complexity index is 118. The lowest BCUT2D eigenvalue weighted by atomic mass is 10.3. The van der Waals surface area contributed by atoms with Gasteiger partial charge in [0.1, 0.15) is 12.4 Å². The quantitative estimate of drug-likeness (QED) is 0.465. The molecule has 0 saturated carbocycles. The smallest absolute Gasteiger partial charge is 0.114 e. The van der Waals surface area contributed by atoms with Crippen LogP contribution >= 0.6 is 0 Å². The van der Waals surface area contributed by atoms with Gasteiger partial charge in [-0.3, -0.25) is 0 Å². The maximum absolute atomic E-state index is 9.00. The van der Waals surface area contributed by atoms with Crippen molar-refractivity contribution in [1.29, 1.82) is 0 Å². The third-order valence-electron chi connectivity index (χ3n) is 1.16. The Balaban J connectivity index is 3.34. The first-order valence-corrected chi connectivity index (χ1v) is 3.33. The van der Waals surface area contributed by atoms with Crippen LogP contribution in [0.1, 0.15) is 13.3 Å². The summed E-state index contributed by atoms with van der Waals surface area (Å²) in [6.45, 7) is 9.19. The average Bonchev–Trinajstić information content (AvgIpc) is 1.99. The van der Waals surface area contributed by atoms with Gasteiger partial charge in [-0.25, -0.2) is 0 Å². The van der Waals surface area contributed by atoms with Gasteiger partial charge < -0.3 is 9.84 Å². The van der Waals surface area contributed by atoms with E-state index in [1.165, 1.54) is 6.08 Å². The molecule has 0 bridgehead atoms. The highest BCUT2D eigenvalue weighted by atomic mass is 16.5. The molecule has 0 spiro atoms. The molecule has 0 aliphatic rings. The van der Waals surface area contributed by atoms with Crippen LogP contribution in [0.3, 0.4) is 0 Å². The van der Waals surface area contributed by atoms with E-state index in [0.717, 1.165) is 0 Å². The molecule has 0 aliphatic carbocycles. The third-order valence-corrected chi connectivity index (χ3v) is 1.16. The van der Waals surface area contributed by atoms with Crippen LogP contribution in [0.25, 0.3) is 0 Å². The molecule has 1 unspecified atom stereocenters. The number of aliphatic hydroxyl groups is 1. The van der Waals surface area contributed by atoms with E-state index in [4.69, 9.17) is 9.84 Å². The number of ether oxygens (including phenoxy) is 1. The van der Waals surface area contributed by atoms with Gasteiger partial charge in [0.25, 0.3) is 0 Å². The van der Waals surface area contributed by atoms with Gasteiger partial charge in [-0.2, -0.15) is 0 Å². The molecule has 58 valence electrons. The minimum Gasteiger partial charge on any atom is -0.492 e. The van der Waals surface area contributed by atoms with E-state index in [0.29, 0.717) is 18.8 Å². The first-order valence-electron chi connectivity index (χ1n) is 3.33. The summed E-state index contributed by atoms with van der Waals surface area (Å²) < 4.78 is 4.98. The van der Waals surface area contributed by atoms with E-state index >= 15 is 0 Å². The molecule has 1 atom stereocenters. The molecular formula is C8H14O2. The van der Waals surface area contributed by atoms with Gasteiger partial charge in [0.15, 0.2) is 0 Å². The van der Waals surface area contributed by atoms with Crippen LogP contribution in [0.4, 0.5) is 0 Å². The molecular weight excluding hydrogens is 128 g/mol. The fourth-order valence-corrected chi connectivity index (χ4v) is 0.380. The summed E-state index contributed by atoms with van der Waals surface area (Å²) in [5.74, 6) is 0.507. The monoisotopic (exact) mass is 142 g/mol. The van der Waals surface area contributed by atoms with E-state index in [2.05, 4.69) is 13.2 Å². The molecule has 0 heterocycles. The normalized spacial score (nSPS) is 12.2. The largest absolute Gasteiger partial charge is 0.492 e. The zero-order chi connectivity index (χ0) is 7.98. The molecule has 0 fully saturated rings. The Hall–Kier alpha value is -0.760. The SMILES string of the molecule is C=CC(=C)OCC(O)CC. The highest BCUT2D eigenvalue weighted by Gasteiger charge is 1.99.